The van der Waals surface area contributed by atoms with E-state index in [9.17, 15) is 9.59 Å². The topological polar surface area (TPSA) is 66.8 Å². The Balaban J connectivity index is 2.53. The summed E-state index contributed by atoms with van der Waals surface area (Å²) in [5.74, 6) is -0.488. The molecule has 0 aromatic heterocycles. The van der Waals surface area contributed by atoms with Crippen molar-refractivity contribution in [1.82, 2.24) is 4.90 Å². The van der Waals surface area contributed by atoms with Crippen molar-refractivity contribution >= 4 is 11.9 Å². The predicted octanol–water partition coefficient (Wildman–Crippen LogP) is 1.92. The van der Waals surface area contributed by atoms with E-state index in [4.69, 9.17) is 9.84 Å². The number of rotatable bonds is 6. The zero-order valence-corrected chi connectivity index (χ0v) is 12.4. The minimum absolute atomic E-state index is 0.163. The summed E-state index contributed by atoms with van der Waals surface area (Å²) in [6.07, 6.45) is 0.163. The van der Waals surface area contributed by atoms with Gasteiger partial charge in [-0.05, 0) is 43.5 Å². The van der Waals surface area contributed by atoms with Crippen molar-refractivity contribution < 1.29 is 19.4 Å². The molecule has 0 fully saturated rings. The number of carboxylic acids is 1. The minimum Gasteiger partial charge on any atom is -0.493 e. The summed E-state index contributed by atoms with van der Waals surface area (Å²) >= 11 is 0. The molecule has 0 bridgehead atoms. The normalized spacial score (nSPS) is 10.2. The first kappa shape index (κ1) is 16.0. The monoisotopic (exact) mass is 279 g/mol. The summed E-state index contributed by atoms with van der Waals surface area (Å²) in [5.41, 5.74) is 3.31. The lowest BCUT2D eigenvalue weighted by Crippen LogP contribution is -2.32. The molecule has 0 saturated heterocycles. The first-order chi connectivity index (χ1) is 9.31. The summed E-state index contributed by atoms with van der Waals surface area (Å²) in [7, 11) is 1.47. The largest absolute Gasteiger partial charge is 0.493 e. The minimum atomic E-state index is -1.02. The van der Waals surface area contributed by atoms with Crippen LogP contribution in [0.3, 0.4) is 0 Å². The second-order valence-corrected chi connectivity index (χ2v) is 4.95. The Morgan fingerprint density at radius 3 is 2.50 bits per heavy atom. The van der Waals surface area contributed by atoms with Gasteiger partial charge in [0.15, 0.2) is 0 Å². The molecule has 0 atom stereocenters. The number of hydrogen-bond donors (Lipinski definition) is 1. The fourth-order valence-electron chi connectivity index (χ4n) is 1.88. The standard InChI is InChI=1S/C15H21NO4/c1-10-7-11(2)12(3)13(8-10)20-6-5-14(17)16(4)9-15(18)19/h7-8H,5-6,9H2,1-4H3,(H,18,19). The van der Waals surface area contributed by atoms with E-state index in [0.29, 0.717) is 0 Å². The maximum atomic E-state index is 11.7. The lowest BCUT2D eigenvalue weighted by atomic mass is 10.1. The number of ether oxygens (including phenoxy) is 1. The Labute approximate surface area is 119 Å². The molecule has 1 rings (SSSR count). The van der Waals surface area contributed by atoms with Crippen molar-refractivity contribution in [3.63, 3.8) is 0 Å². The molecule has 5 nitrogen and oxygen atoms in total. The Morgan fingerprint density at radius 1 is 1.25 bits per heavy atom. The van der Waals surface area contributed by atoms with Crippen LogP contribution in [0.15, 0.2) is 12.1 Å². The van der Waals surface area contributed by atoms with Crippen molar-refractivity contribution in [3.05, 3.63) is 28.8 Å². The molecule has 20 heavy (non-hydrogen) atoms. The summed E-state index contributed by atoms with van der Waals surface area (Å²) in [4.78, 5) is 23.4. The second-order valence-electron chi connectivity index (χ2n) is 4.95. The molecule has 0 aliphatic heterocycles. The highest BCUT2D eigenvalue weighted by Crippen LogP contribution is 2.23. The van der Waals surface area contributed by atoms with E-state index >= 15 is 0 Å². The van der Waals surface area contributed by atoms with Gasteiger partial charge in [-0.1, -0.05) is 6.07 Å². The van der Waals surface area contributed by atoms with Crippen LogP contribution in [0.5, 0.6) is 5.75 Å². The van der Waals surface area contributed by atoms with E-state index in [1.807, 2.05) is 26.8 Å². The molecule has 0 spiro atoms. The molecule has 1 N–H and O–H groups in total. The molecular formula is C15H21NO4. The number of carboxylic acid groups (broad SMARTS) is 1. The van der Waals surface area contributed by atoms with Crippen LogP contribution in [0.4, 0.5) is 0 Å². The zero-order chi connectivity index (χ0) is 15.3. The number of nitrogens with zero attached hydrogens (tertiary/aromatic N) is 1. The molecule has 1 aromatic carbocycles. The van der Waals surface area contributed by atoms with Crippen molar-refractivity contribution in [2.45, 2.75) is 27.2 Å². The molecule has 0 aliphatic carbocycles. The number of aryl methyl sites for hydroxylation is 2. The molecule has 110 valence electrons. The second kappa shape index (κ2) is 6.93. The molecular weight excluding hydrogens is 258 g/mol. The molecule has 5 heteroatoms. The van der Waals surface area contributed by atoms with Crippen LogP contribution < -0.4 is 4.74 Å². The van der Waals surface area contributed by atoms with E-state index in [-0.39, 0.29) is 25.5 Å². The summed E-state index contributed by atoms with van der Waals surface area (Å²) in [6.45, 7) is 5.93. The Kier molecular flexibility index (Phi) is 5.55. The van der Waals surface area contributed by atoms with Crippen LogP contribution in [-0.2, 0) is 9.59 Å². The van der Waals surface area contributed by atoms with Crippen LogP contribution in [-0.4, -0.2) is 42.1 Å². The van der Waals surface area contributed by atoms with E-state index in [2.05, 4.69) is 6.07 Å². The lowest BCUT2D eigenvalue weighted by molar-refractivity contribution is -0.143. The van der Waals surface area contributed by atoms with Crippen molar-refractivity contribution in [2.24, 2.45) is 0 Å². The summed E-state index contributed by atoms with van der Waals surface area (Å²) in [6, 6.07) is 4.02. The molecule has 0 saturated carbocycles. The predicted molar refractivity (Wildman–Crippen MR) is 76.0 cm³/mol. The van der Waals surface area contributed by atoms with Gasteiger partial charge >= 0.3 is 5.97 Å². The van der Waals surface area contributed by atoms with Gasteiger partial charge in [0.2, 0.25) is 5.91 Å². The number of benzene rings is 1. The van der Waals surface area contributed by atoms with Crippen LogP contribution in [0.25, 0.3) is 0 Å². The van der Waals surface area contributed by atoms with E-state index in [1.54, 1.807) is 0 Å². The van der Waals surface area contributed by atoms with Gasteiger partial charge in [0.1, 0.15) is 12.3 Å². The van der Waals surface area contributed by atoms with Crippen molar-refractivity contribution in [3.8, 4) is 5.75 Å². The number of hydrogen-bond acceptors (Lipinski definition) is 3. The highest BCUT2D eigenvalue weighted by atomic mass is 16.5. The van der Waals surface area contributed by atoms with Crippen molar-refractivity contribution in [1.29, 1.82) is 0 Å². The third kappa shape index (κ3) is 4.57. The van der Waals surface area contributed by atoms with Gasteiger partial charge in [-0.25, -0.2) is 0 Å². The van der Waals surface area contributed by atoms with Gasteiger partial charge < -0.3 is 14.7 Å². The maximum absolute atomic E-state index is 11.7. The Hall–Kier alpha value is -2.04. The number of amides is 1. The highest BCUT2D eigenvalue weighted by molar-refractivity contribution is 5.81. The third-order valence-corrected chi connectivity index (χ3v) is 3.14. The van der Waals surface area contributed by atoms with Crippen LogP contribution >= 0.6 is 0 Å². The zero-order valence-electron chi connectivity index (χ0n) is 12.4. The van der Waals surface area contributed by atoms with E-state index < -0.39 is 5.97 Å². The summed E-state index contributed by atoms with van der Waals surface area (Å²) < 4.78 is 5.63. The number of carbonyl (C=O) groups excluding carboxylic acids is 1. The fourth-order valence-corrected chi connectivity index (χ4v) is 1.88. The van der Waals surface area contributed by atoms with Crippen LogP contribution in [0, 0.1) is 20.8 Å². The van der Waals surface area contributed by atoms with Gasteiger partial charge in [0, 0.05) is 7.05 Å². The Morgan fingerprint density at radius 2 is 1.90 bits per heavy atom. The van der Waals surface area contributed by atoms with Crippen LogP contribution in [0.2, 0.25) is 0 Å². The Bertz CT molecular complexity index is 511. The van der Waals surface area contributed by atoms with Gasteiger partial charge in [-0.15, -0.1) is 0 Å². The maximum Gasteiger partial charge on any atom is 0.323 e. The molecule has 0 radical (unpaired) electrons. The van der Waals surface area contributed by atoms with Gasteiger partial charge in [-0.3, -0.25) is 9.59 Å². The van der Waals surface area contributed by atoms with Crippen molar-refractivity contribution in [2.75, 3.05) is 20.2 Å². The third-order valence-electron chi connectivity index (χ3n) is 3.14. The number of likely N-dealkylation sites (N-methyl/N-ethyl adjacent to an activating group) is 1. The fraction of sp³-hybridized carbons (Fsp3) is 0.467. The molecule has 1 aromatic rings. The highest BCUT2D eigenvalue weighted by Gasteiger charge is 2.12. The van der Waals surface area contributed by atoms with Gasteiger partial charge in [0.05, 0.1) is 13.0 Å². The van der Waals surface area contributed by atoms with E-state index in [0.717, 1.165) is 22.4 Å². The van der Waals surface area contributed by atoms with Crippen LogP contribution in [0.1, 0.15) is 23.1 Å². The molecule has 0 unspecified atom stereocenters. The quantitative estimate of drug-likeness (QED) is 0.864. The van der Waals surface area contributed by atoms with E-state index in [1.165, 1.54) is 11.9 Å². The summed E-state index contributed by atoms with van der Waals surface area (Å²) in [5, 5.41) is 8.61. The first-order valence-corrected chi connectivity index (χ1v) is 6.47. The molecule has 1 amide bonds. The SMILES string of the molecule is Cc1cc(C)c(C)c(OCCC(=O)N(C)CC(=O)O)c1. The van der Waals surface area contributed by atoms with Gasteiger partial charge in [-0.2, -0.15) is 0 Å². The molecule has 0 heterocycles. The smallest absolute Gasteiger partial charge is 0.323 e. The van der Waals surface area contributed by atoms with Gasteiger partial charge in [0.25, 0.3) is 0 Å². The lowest BCUT2D eigenvalue weighted by Gasteiger charge is -2.16. The average Bonchev–Trinajstić information content (AvgIpc) is 2.34. The number of aliphatic carboxylic acids is 1. The number of carbonyl (C=O) groups is 2. The first-order valence-electron chi connectivity index (χ1n) is 6.47. The average molecular weight is 279 g/mol. The molecule has 0 aliphatic rings.